The van der Waals surface area contributed by atoms with Crippen molar-refractivity contribution in [2.45, 2.75) is 39.2 Å². The summed E-state index contributed by atoms with van der Waals surface area (Å²) in [5, 5.41) is 0. The zero-order valence-electron chi connectivity index (χ0n) is 10.3. The van der Waals surface area contributed by atoms with Crippen molar-refractivity contribution in [3.8, 4) is 0 Å². The van der Waals surface area contributed by atoms with Crippen LogP contribution in [0.1, 0.15) is 37.7 Å². The third-order valence-corrected chi connectivity index (χ3v) is 2.98. The molecule has 16 heavy (non-hydrogen) atoms. The van der Waals surface area contributed by atoms with Gasteiger partial charge in [-0.15, -0.1) is 0 Å². The molecule has 0 saturated carbocycles. The highest BCUT2D eigenvalue weighted by Gasteiger charge is 2.21. The first-order chi connectivity index (χ1) is 7.56. The number of aryl methyl sites for hydroxylation is 1. The Bertz CT molecular complexity index is 375. The van der Waals surface area contributed by atoms with Gasteiger partial charge in [0.15, 0.2) is 0 Å². The molecule has 2 rings (SSSR count). The maximum atomic E-state index is 5.91. The lowest BCUT2D eigenvalue weighted by Gasteiger charge is -2.18. The molecule has 0 aromatic carbocycles. The summed E-state index contributed by atoms with van der Waals surface area (Å²) in [5.41, 5.74) is 7.03. The largest absolute Gasteiger partial charge is 0.355 e. The fourth-order valence-electron chi connectivity index (χ4n) is 2.03. The molecule has 0 radical (unpaired) electrons. The topological polar surface area (TPSA) is 55.0 Å². The van der Waals surface area contributed by atoms with E-state index in [9.17, 15) is 0 Å². The van der Waals surface area contributed by atoms with E-state index >= 15 is 0 Å². The fourth-order valence-corrected chi connectivity index (χ4v) is 2.03. The van der Waals surface area contributed by atoms with E-state index < -0.39 is 0 Å². The average Bonchev–Trinajstić information content (AvgIpc) is 2.64. The van der Waals surface area contributed by atoms with Crippen molar-refractivity contribution >= 4 is 5.82 Å². The molecule has 1 fully saturated rings. The maximum absolute atomic E-state index is 5.91. The SMILES string of the molecule is Cc1nc(C(C)C)cc(N2CCC(N)C2)n1. The van der Waals surface area contributed by atoms with Gasteiger partial charge < -0.3 is 10.6 Å². The van der Waals surface area contributed by atoms with Crippen molar-refractivity contribution < 1.29 is 0 Å². The van der Waals surface area contributed by atoms with Crippen LogP contribution in [0.25, 0.3) is 0 Å². The Balaban J connectivity index is 2.27. The Morgan fingerprint density at radius 3 is 2.75 bits per heavy atom. The minimum atomic E-state index is 0.290. The van der Waals surface area contributed by atoms with Crippen LogP contribution in [0.5, 0.6) is 0 Å². The molecule has 4 nitrogen and oxygen atoms in total. The summed E-state index contributed by atoms with van der Waals surface area (Å²) >= 11 is 0. The third kappa shape index (κ3) is 2.32. The van der Waals surface area contributed by atoms with Crippen LogP contribution in [0.3, 0.4) is 0 Å². The van der Waals surface area contributed by atoms with Crippen LogP contribution in [-0.4, -0.2) is 29.1 Å². The number of aromatic nitrogens is 2. The van der Waals surface area contributed by atoms with Gasteiger partial charge in [-0.1, -0.05) is 13.8 Å². The highest BCUT2D eigenvalue weighted by Crippen LogP contribution is 2.21. The number of nitrogens with two attached hydrogens (primary N) is 1. The number of rotatable bonds is 2. The number of hydrogen-bond donors (Lipinski definition) is 1. The summed E-state index contributed by atoms with van der Waals surface area (Å²) < 4.78 is 0. The molecular weight excluding hydrogens is 200 g/mol. The van der Waals surface area contributed by atoms with Crippen molar-refractivity contribution in [2.75, 3.05) is 18.0 Å². The van der Waals surface area contributed by atoms with Crippen LogP contribution in [-0.2, 0) is 0 Å². The van der Waals surface area contributed by atoms with Gasteiger partial charge in [0.2, 0.25) is 0 Å². The summed E-state index contributed by atoms with van der Waals surface area (Å²) in [6, 6.07) is 2.38. The molecule has 1 atom stereocenters. The predicted octanol–water partition coefficient (Wildman–Crippen LogP) is 1.45. The van der Waals surface area contributed by atoms with Gasteiger partial charge in [-0.3, -0.25) is 0 Å². The highest BCUT2D eigenvalue weighted by molar-refractivity contribution is 5.42. The van der Waals surface area contributed by atoms with Gasteiger partial charge in [0.25, 0.3) is 0 Å². The van der Waals surface area contributed by atoms with Crippen molar-refractivity contribution in [1.82, 2.24) is 9.97 Å². The van der Waals surface area contributed by atoms with Crippen LogP contribution in [0.15, 0.2) is 6.07 Å². The van der Waals surface area contributed by atoms with E-state index in [4.69, 9.17) is 5.73 Å². The second kappa shape index (κ2) is 4.37. The summed E-state index contributed by atoms with van der Waals surface area (Å²) in [5.74, 6) is 2.32. The summed E-state index contributed by atoms with van der Waals surface area (Å²) in [4.78, 5) is 11.2. The first kappa shape index (κ1) is 11.3. The zero-order chi connectivity index (χ0) is 11.7. The van der Waals surface area contributed by atoms with Crippen molar-refractivity contribution in [3.63, 3.8) is 0 Å². The van der Waals surface area contributed by atoms with Crippen molar-refractivity contribution in [1.29, 1.82) is 0 Å². The van der Waals surface area contributed by atoms with E-state index in [0.29, 0.717) is 5.92 Å². The molecule has 0 spiro atoms. The standard InChI is InChI=1S/C12H20N4/c1-8(2)11-6-12(15-9(3)14-11)16-5-4-10(13)7-16/h6,8,10H,4-5,7,13H2,1-3H3. The molecular formula is C12H20N4. The molecule has 2 heterocycles. The minimum Gasteiger partial charge on any atom is -0.355 e. The van der Waals surface area contributed by atoms with Gasteiger partial charge in [0.05, 0.1) is 0 Å². The van der Waals surface area contributed by atoms with E-state index in [0.717, 1.165) is 36.8 Å². The van der Waals surface area contributed by atoms with E-state index in [1.807, 2.05) is 6.92 Å². The first-order valence-electron chi connectivity index (χ1n) is 5.92. The minimum absolute atomic E-state index is 0.290. The molecule has 0 bridgehead atoms. The van der Waals surface area contributed by atoms with Gasteiger partial charge in [-0.05, 0) is 19.3 Å². The second-order valence-electron chi connectivity index (χ2n) is 4.85. The Morgan fingerprint density at radius 2 is 2.19 bits per heavy atom. The normalized spacial score (nSPS) is 20.8. The first-order valence-corrected chi connectivity index (χ1v) is 5.92. The Kier molecular flexibility index (Phi) is 3.10. The number of anilines is 1. The lowest BCUT2D eigenvalue weighted by Crippen LogP contribution is -2.27. The maximum Gasteiger partial charge on any atom is 0.132 e. The van der Waals surface area contributed by atoms with Crippen LogP contribution in [0.2, 0.25) is 0 Å². The Morgan fingerprint density at radius 1 is 1.44 bits per heavy atom. The third-order valence-electron chi connectivity index (χ3n) is 2.98. The van der Waals surface area contributed by atoms with Gasteiger partial charge >= 0.3 is 0 Å². The Hall–Kier alpha value is -1.16. The molecule has 1 aromatic heterocycles. The summed E-state index contributed by atoms with van der Waals surface area (Å²) in [6.07, 6.45) is 1.06. The van der Waals surface area contributed by atoms with E-state index in [-0.39, 0.29) is 6.04 Å². The monoisotopic (exact) mass is 220 g/mol. The van der Waals surface area contributed by atoms with Crippen LogP contribution in [0.4, 0.5) is 5.82 Å². The fraction of sp³-hybridized carbons (Fsp3) is 0.667. The summed E-state index contributed by atoms with van der Waals surface area (Å²) in [7, 11) is 0. The van der Waals surface area contributed by atoms with Crippen LogP contribution < -0.4 is 10.6 Å². The predicted molar refractivity (Wildman–Crippen MR) is 65.7 cm³/mol. The Labute approximate surface area is 96.9 Å². The van der Waals surface area contributed by atoms with E-state index in [1.54, 1.807) is 0 Å². The van der Waals surface area contributed by atoms with Gasteiger partial charge in [-0.2, -0.15) is 0 Å². The zero-order valence-corrected chi connectivity index (χ0v) is 10.3. The smallest absolute Gasteiger partial charge is 0.132 e. The molecule has 1 unspecified atom stereocenters. The molecule has 0 amide bonds. The molecule has 1 aliphatic rings. The van der Waals surface area contributed by atoms with Gasteiger partial charge in [0, 0.05) is 30.9 Å². The molecule has 0 aliphatic carbocycles. The van der Waals surface area contributed by atoms with Crippen LogP contribution in [0, 0.1) is 6.92 Å². The highest BCUT2D eigenvalue weighted by atomic mass is 15.2. The molecule has 1 aliphatic heterocycles. The molecule has 4 heteroatoms. The van der Waals surface area contributed by atoms with Crippen LogP contribution >= 0.6 is 0 Å². The number of nitrogens with zero attached hydrogens (tertiary/aromatic N) is 3. The van der Waals surface area contributed by atoms with Crippen molar-refractivity contribution in [3.05, 3.63) is 17.6 Å². The quantitative estimate of drug-likeness (QED) is 0.819. The molecule has 1 saturated heterocycles. The second-order valence-corrected chi connectivity index (χ2v) is 4.85. The van der Waals surface area contributed by atoms with Crippen molar-refractivity contribution in [2.24, 2.45) is 5.73 Å². The summed E-state index contributed by atoms with van der Waals surface area (Å²) in [6.45, 7) is 8.18. The van der Waals surface area contributed by atoms with Gasteiger partial charge in [0.1, 0.15) is 11.6 Å². The molecule has 88 valence electrons. The van der Waals surface area contributed by atoms with Gasteiger partial charge in [-0.25, -0.2) is 9.97 Å². The lowest BCUT2D eigenvalue weighted by molar-refractivity contribution is 0.749. The molecule has 2 N–H and O–H groups in total. The lowest BCUT2D eigenvalue weighted by atomic mass is 10.1. The number of hydrogen-bond acceptors (Lipinski definition) is 4. The average molecular weight is 220 g/mol. The van der Waals surface area contributed by atoms with E-state index in [1.165, 1.54) is 0 Å². The molecule has 1 aromatic rings. The van der Waals surface area contributed by atoms with E-state index in [2.05, 4.69) is 34.8 Å².